The molecule has 0 aliphatic rings. The summed E-state index contributed by atoms with van der Waals surface area (Å²) >= 11 is 1.55. The maximum Gasteiger partial charge on any atom is 0.221 e. The van der Waals surface area contributed by atoms with Gasteiger partial charge in [0.2, 0.25) is 5.91 Å². The summed E-state index contributed by atoms with van der Waals surface area (Å²) in [6.45, 7) is 3.75. The molecule has 0 fully saturated rings. The average Bonchev–Trinajstić information content (AvgIpc) is 2.52. The number of ether oxygens (including phenoxy) is 1. The zero-order chi connectivity index (χ0) is 16.7. The Morgan fingerprint density at radius 1 is 1.26 bits per heavy atom. The molecule has 1 amide bonds. The summed E-state index contributed by atoms with van der Waals surface area (Å²) in [4.78, 5) is 12.0. The Labute approximate surface area is 140 Å². The summed E-state index contributed by atoms with van der Waals surface area (Å²) in [5.74, 6) is 1.23. The van der Waals surface area contributed by atoms with Gasteiger partial charge < -0.3 is 15.2 Å². The highest BCUT2D eigenvalue weighted by Gasteiger charge is 2.07. The summed E-state index contributed by atoms with van der Waals surface area (Å²) in [5, 5.41) is 12.7. The van der Waals surface area contributed by atoms with Crippen LogP contribution in [0.1, 0.15) is 12.5 Å². The lowest BCUT2D eigenvalue weighted by Gasteiger charge is -2.12. The number of aliphatic hydroxyl groups is 1. The number of nitrogens with one attached hydrogen (secondary N) is 1. The molecule has 4 nitrogen and oxygen atoms in total. The summed E-state index contributed by atoms with van der Waals surface area (Å²) in [5.41, 5.74) is 1.90. The van der Waals surface area contributed by atoms with Crippen LogP contribution in [-0.4, -0.2) is 29.5 Å². The first-order chi connectivity index (χ1) is 11.0. The third-order valence-corrected chi connectivity index (χ3v) is 4.21. The van der Waals surface area contributed by atoms with Crippen LogP contribution >= 0.6 is 11.8 Å². The molecule has 0 radical (unpaired) electrons. The highest BCUT2D eigenvalue weighted by atomic mass is 32.2. The van der Waals surface area contributed by atoms with Gasteiger partial charge in [-0.25, -0.2) is 0 Å². The fourth-order valence-corrected chi connectivity index (χ4v) is 2.79. The highest BCUT2D eigenvalue weighted by Crippen LogP contribution is 2.21. The second-order valence-corrected chi connectivity index (χ2v) is 6.39. The van der Waals surface area contributed by atoms with E-state index in [0.717, 1.165) is 21.9 Å². The van der Waals surface area contributed by atoms with E-state index in [2.05, 4.69) is 5.32 Å². The second kappa shape index (κ2) is 8.60. The lowest BCUT2D eigenvalue weighted by molar-refractivity contribution is -0.114. The topological polar surface area (TPSA) is 58.6 Å². The van der Waals surface area contributed by atoms with Crippen LogP contribution in [0.4, 0.5) is 5.69 Å². The van der Waals surface area contributed by atoms with Crippen LogP contribution in [0.3, 0.4) is 0 Å². The van der Waals surface area contributed by atoms with Gasteiger partial charge in [0, 0.05) is 23.3 Å². The smallest absolute Gasteiger partial charge is 0.221 e. The molecule has 0 aliphatic carbocycles. The first kappa shape index (κ1) is 17.4. The number of amides is 1. The standard InChI is InChI=1S/C18H21NO3S/c1-13-4-3-5-17(10-13)22-11-16(21)12-23-18-8-6-15(7-9-18)19-14(2)20/h3-10,16,21H,11-12H2,1-2H3,(H,19,20). The Morgan fingerprint density at radius 2 is 2.00 bits per heavy atom. The molecule has 2 N–H and O–H groups in total. The van der Waals surface area contributed by atoms with Crippen molar-refractivity contribution in [3.63, 3.8) is 0 Å². The predicted octanol–water partition coefficient (Wildman–Crippen LogP) is 3.49. The maximum atomic E-state index is 11.0. The Kier molecular flexibility index (Phi) is 6.50. The van der Waals surface area contributed by atoms with E-state index < -0.39 is 6.10 Å². The van der Waals surface area contributed by atoms with E-state index in [1.807, 2.05) is 55.5 Å². The molecule has 1 atom stereocenters. The van der Waals surface area contributed by atoms with E-state index in [1.54, 1.807) is 11.8 Å². The van der Waals surface area contributed by atoms with Crippen molar-refractivity contribution in [3.05, 3.63) is 54.1 Å². The first-order valence-electron chi connectivity index (χ1n) is 7.41. The first-order valence-corrected chi connectivity index (χ1v) is 8.39. The van der Waals surface area contributed by atoms with Gasteiger partial charge in [-0.15, -0.1) is 11.8 Å². The van der Waals surface area contributed by atoms with Gasteiger partial charge in [-0.1, -0.05) is 12.1 Å². The second-order valence-electron chi connectivity index (χ2n) is 5.30. The van der Waals surface area contributed by atoms with Gasteiger partial charge in [0.1, 0.15) is 12.4 Å². The molecule has 2 rings (SSSR count). The van der Waals surface area contributed by atoms with Crippen LogP contribution in [0, 0.1) is 6.92 Å². The number of rotatable bonds is 7. The number of carbonyl (C=O) groups is 1. The summed E-state index contributed by atoms with van der Waals surface area (Å²) in [6, 6.07) is 15.3. The van der Waals surface area contributed by atoms with E-state index in [0.29, 0.717) is 5.75 Å². The molecule has 0 saturated carbocycles. The Morgan fingerprint density at radius 3 is 2.65 bits per heavy atom. The number of hydrogen-bond acceptors (Lipinski definition) is 4. The van der Waals surface area contributed by atoms with Crippen LogP contribution in [0.15, 0.2) is 53.4 Å². The molecular formula is C18H21NO3S. The number of thioether (sulfide) groups is 1. The van der Waals surface area contributed by atoms with Crippen molar-refractivity contribution in [1.82, 2.24) is 0 Å². The maximum absolute atomic E-state index is 11.0. The number of hydrogen-bond donors (Lipinski definition) is 2. The van der Waals surface area contributed by atoms with E-state index in [1.165, 1.54) is 6.92 Å². The minimum absolute atomic E-state index is 0.0888. The molecule has 0 bridgehead atoms. The Bertz CT molecular complexity index is 643. The predicted molar refractivity (Wildman–Crippen MR) is 94.2 cm³/mol. The van der Waals surface area contributed by atoms with Gasteiger partial charge in [0.05, 0.1) is 6.10 Å². The number of anilines is 1. The SMILES string of the molecule is CC(=O)Nc1ccc(SCC(O)COc2cccc(C)c2)cc1. The van der Waals surface area contributed by atoms with Crippen LogP contribution in [0.25, 0.3) is 0 Å². The number of benzene rings is 2. The zero-order valence-corrected chi connectivity index (χ0v) is 14.1. The molecule has 122 valence electrons. The van der Waals surface area contributed by atoms with Crippen molar-refractivity contribution in [3.8, 4) is 5.75 Å². The van der Waals surface area contributed by atoms with Gasteiger partial charge in [0.25, 0.3) is 0 Å². The summed E-state index contributed by atoms with van der Waals surface area (Å²) in [7, 11) is 0. The molecule has 0 heterocycles. The lowest BCUT2D eigenvalue weighted by atomic mass is 10.2. The van der Waals surface area contributed by atoms with Crippen LogP contribution < -0.4 is 10.1 Å². The monoisotopic (exact) mass is 331 g/mol. The largest absolute Gasteiger partial charge is 0.491 e. The van der Waals surface area contributed by atoms with E-state index in [9.17, 15) is 9.90 Å². The van der Waals surface area contributed by atoms with Gasteiger partial charge in [0.15, 0.2) is 0 Å². The van der Waals surface area contributed by atoms with Crippen molar-refractivity contribution < 1.29 is 14.6 Å². The van der Waals surface area contributed by atoms with Crippen molar-refractivity contribution >= 4 is 23.4 Å². The molecule has 2 aromatic rings. The third kappa shape index (κ3) is 6.34. The van der Waals surface area contributed by atoms with Gasteiger partial charge in [-0.2, -0.15) is 0 Å². The van der Waals surface area contributed by atoms with Gasteiger partial charge in [-0.05, 0) is 48.9 Å². The molecule has 1 unspecified atom stereocenters. The molecule has 2 aromatic carbocycles. The molecule has 5 heteroatoms. The van der Waals surface area contributed by atoms with Crippen molar-refractivity contribution in [2.45, 2.75) is 24.8 Å². The molecule has 0 aliphatic heterocycles. The highest BCUT2D eigenvalue weighted by molar-refractivity contribution is 7.99. The summed E-state index contributed by atoms with van der Waals surface area (Å²) in [6.07, 6.45) is -0.546. The Hall–Kier alpha value is -1.98. The van der Waals surface area contributed by atoms with E-state index in [4.69, 9.17) is 4.74 Å². The minimum Gasteiger partial charge on any atom is -0.491 e. The van der Waals surface area contributed by atoms with Gasteiger partial charge >= 0.3 is 0 Å². The Balaban J connectivity index is 1.75. The van der Waals surface area contributed by atoms with Gasteiger partial charge in [-0.3, -0.25) is 4.79 Å². The number of aryl methyl sites for hydroxylation is 1. The van der Waals surface area contributed by atoms with Crippen LogP contribution in [0.5, 0.6) is 5.75 Å². The third-order valence-electron chi connectivity index (χ3n) is 3.05. The number of carbonyl (C=O) groups excluding carboxylic acids is 1. The fourth-order valence-electron chi connectivity index (χ4n) is 1.98. The van der Waals surface area contributed by atoms with Crippen molar-refractivity contribution in [2.75, 3.05) is 17.7 Å². The quantitative estimate of drug-likeness (QED) is 0.763. The molecular weight excluding hydrogens is 310 g/mol. The number of aliphatic hydroxyl groups excluding tert-OH is 1. The fraction of sp³-hybridized carbons (Fsp3) is 0.278. The van der Waals surface area contributed by atoms with E-state index in [-0.39, 0.29) is 12.5 Å². The zero-order valence-electron chi connectivity index (χ0n) is 13.3. The average molecular weight is 331 g/mol. The summed E-state index contributed by atoms with van der Waals surface area (Å²) < 4.78 is 5.59. The van der Waals surface area contributed by atoms with Crippen molar-refractivity contribution in [2.24, 2.45) is 0 Å². The van der Waals surface area contributed by atoms with Crippen LogP contribution in [-0.2, 0) is 4.79 Å². The van der Waals surface area contributed by atoms with Crippen molar-refractivity contribution in [1.29, 1.82) is 0 Å². The molecule has 0 spiro atoms. The van der Waals surface area contributed by atoms with E-state index >= 15 is 0 Å². The molecule has 0 aromatic heterocycles. The lowest BCUT2D eigenvalue weighted by Crippen LogP contribution is -2.20. The molecule has 0 saturated heterocycles. The minimum atomic E-state index is -0.546. The van der Waals surface area contributed by atoms with Crippen LogP contribution in [0.2, 0.25) is 0 Å². The molecule has 23 heavy (non-hydrogen) atoms. The normalized spacial score (nSPS) is 11.8.